The SMILES string of the molecule is O=C(Nc1ccc(NS(=O)(=O)c2ccc(F)c(F)c2)cc1)c1ccco1. The largest absolute Gasteiger partial charge is 0.459 e. The molecule has 6 nitrogen and oxygen atoms in total. The standard InChI is InChI=1S/C17H12F2N2O4S/c18-14-8-7-13(10-15(14)19)26(23,24)21-12-5-3-11(4-6-12)20-17(22)16-2-1-9-25-16/h1-10,21H,(H,20,22). The van der Waals surface area contributed by atoms with Gasteiger partial charge in [-0.05, 0) is 54.6 Å². The molecule has 3 aromatic rings. The van der Waals surface area contributed by atoms with Crippen molar-refractivity contribution in [1.29, 1.82) is 0 Å². The Morgan fingerprint density at radius 3 is 2.23 bits per heavy atom. The Hall–Kier alpha value is -3.20. The van der Waals surface area contributed by atoms with Crippen LogP contribution in [0.4, 0.5) is 20.2 Å². The van der Waals surface area contributed by atoms with Crippen LogP contribution in [-0.4, -0.2) is 14.3 Å². The lowest BCUT2D eigenvalue weighted by Crippen LogP contribution is -2.14. The van der Waals surface area contributed by atoms with Gasteiger partial charge in [0.1, 0.15) is 0 Å². The summed E-state index contributed by atoms with van der Waals surface area (Å²) < 4.78 is 57.8. The molecule has 0 unspecified atom stereocenters. The minimum absolute atomic E-state index is 0.133. The van der Waals surface area contributed by atoms with E-state index in [9.17, 15) is 22.0 Å². The summed E-state index contributed by atoms with van der Waals surface area (Å²) >= 11 is 0. The molecule has 0 spiro atoms. The minimum atomic E-state index is -4.08. The van der Waals surface area contributed by atoms with Crippen LogP contribution in [0.15, 0.2) is 70.2 Å². The van der Waals surface area contributed by atoms with E-state index in [1.165, 1.54) is 36.6 Å². The summed E-state index contributed by atoms with van der Waals surface area (Å²) in [5, 5.41) is 2.58. The van der Waals surface area contributed by atoms with E-state index in [2.05, 4.69) is 10.0 Å². The number of rotatable bonds is 5. The van der Waals surface area contributed by atoms with Gasteiger partial charge in [0.25, 0.3) is 15.9 Å². The molecule has 26 heavy (non-hydrogen) atoms. The number of furan rings is 1. The van der Waals surface area contributed by atoms with Gasteiger partial charge in [-0.1, -0.05) is 0 Å². The third-order valence-corrected chi connectivity index (χ3v) is 4.72. The number of benzene rings is 2. The molecule has 0 radical (unpaired) electrons. The van der Waals surface area contributed by atoms with Crippen molar-refractivity contribution in [3.63, 3.8) is 0 Å². The molecule has 1 aromatic heterocycles. The zero-order valence-corrected chi connectivity index (χ0v) is 13.9. The van der Waals surface area contributed by atoms with Crippen molar-refractivity contribution in [2.24, 2.45) is 0 Å². The summed E-state index contributed by atoms with van der Waals surface area (Å²) in [4.78, 5) is 11.4. The first kappa shape index (κ1) is 17.6. The number of carbonyl (C=O) groups is 1. The van der Waals surface area contributed by atoms with Gasteiger partial charge in [0.05, 0.1) is 11.2 Å². The summed E-state index contributed by atoms with van der Waals surface area (Å²) in [7, 11) is -4.08. The normalized spacial score (nSPS) is 11.2. The van der Waals surface area contributed by atoms with E-state index in [0.717, 1.165) is 12.1 Å². The smallest absolute Gasteiger partial charge is 0.291 e. The number of hydrogen-bond acceptors (Lipinski definition) is 4. The lowest BCUT2D eigenvalue weighted by molar-refractivity contribution is 0.0996. The monoisotopic (exact) mass is 378 g/mol. The average molecular weight is 378 g/mol. The van der Waals surface area contributed by atoms with Crippen LogP contribution in [0.3, 0.4) is 0 Å². The molecule has 2 aromatic carbocycles. The van der Waals surface area contributed by atoms with Gasteiger partial charge in [-0.15, -0.1) is 0 Å². The Balaban J connectivity index is 1.72. The molecule has 0 saturated heterocycles. The molecule has 3 rings (SSSR count). The van der Waals surface area contributed by atoms with Crippen molar-refractivity contribution in [2.75, 3.05) is 10.0 Å². The van der Waals surface area contributed by atoms with Crippen molar-refractivity contribution < 1.29 is 26.4 Å². The van der Waals surface area contributed by atoms with Crippen LogP contribution in [0, 0.1) is 11.6 Å². The third kappa shape index (κ3) is 3.89. The maximum atomic E-state index is 13.2. The van der Waals surface area contributed by atoms with Crippen molar-refractivity contribution in [3.05, 3.63) is 78.3 Å². The first-order chi connectivity index (χ1) is 12.3. The second kappa shape index (κ2) is 6.96. The van der Waals surface area contributed by atoms with Gasteiger partial charge < -0.3 is 9.73 Å². The summed E-state index contributed by atoms with van der Waals surface area (Å²) in [5.74, 6) is -2.72. The van der Waals surface area contributed by atoms with Crippen LogP contribution in [0.2, 0.25) is 0 Å². The maximum absolute atomic E-state index is 13.2. The molecule has 1 heterocycles. The van der Waals surface area contributed by atoms with Crippen molar-refractivity contribution in [2.45, 2.75) is 4.90 Å². The molecule has 2 N–H and O–H groups in total. The second-order valence-electron chi connectivity index (χ2n) is 5.19. The van der Waals surface area contributed by atoms with Crippen LogP contribution < -0.4 is 10.0 Å². The topological polar surface area (TPSA) is 88.4 Å². The van der Waals surface area contributed by atoms with Crippen molar-refractivity contribution >= 4 is 27.3 Å². The molecule has 9 heteroatoms. The van der Waals surface area contributed by atoms with E-state index >= 15 is 0 Å². The Morgan fingerprint density at radius 2 is 1.62 bits per heavy atom. The van der Waals surface area contributed by atoms with Gasteiger partial charge >= 0.3 is 0 Å². The van der Waals surface area contributed by atoms with Crippen molar-refractivity contribution in [1.82, 2.24) is 0 Å². The van der Waals surface area contributed by atoms with Gasteiger partial charge in [0.2, 0.25) is 0 Å². The van der Waals surface area contributed by atoms with Crippen LogP contribution >= 0.6 is 0 Å². The highest BCUT2D eigenvalue weighted by Crippen LogP contribution is 2.20. The Bertz CT molecular complexity index is 1030. The average Bonchev–Trinajstić information content (AvgIpc) is 3.13. The molecule has 1 amide bonds. The summed E-state index contributed by atoms with van der Waals surface area (Å²) in [5.41, 5.74) is 0.605. The van der Waals surface area contributed by atoms with E-state index in [1.807, 2.05) is 0 Å². The number of halogens is 2. The lowest BCUT2D eigenvalue weighted by Gasteiger charge is -2.09. The molecule has 0 fully saturated rings. The first-order valence-electron chi connectivity index (χ1n) is 7.28. The number of anilines is 2. The van der Waals surface area contributed by atoms with Gasteiger partial charge in [-0.25, -0.2) is 17.2 Å². The molecule has 0 bridgehead atoms. The van der Waals surface area contributed by atoms with E-state index in [-0.39, 0.29) is 11.4 Å². The van der Waals surface area contributed by atoms with Crippen LogP contribution in [0.5, 0.6) is 0 Å². The van der Waals surface area contributed by atoms with E-state index in [0.29, 0.717) is 11.8 Å². The van der Waals surface area contributed by atoms with E-state index in [1.54, 1.807) is 6.07 Å². The van der Waals surface area contributed by atoms with Gasteiger partial charge in [0.15, 0.2) is 17.4 Å². The molecule has 0 saturated carbocycles. The molecule has 0 atom stereocenters. The second-order valence-corrected chi connectivity index (χ2v) is 6.87. The predicted molar refractivity (Wildman–Crippen MR) is 90.3 cm³/mol. The minimum Gasteiger partial charge on any atom is -0.459 e. The highest BCUT2D eigenvalue weighted by Gasteiger charge is 2.17. The zero-order valence-electron chi connectivity index (χ0n) is 13.1. The summed E-state index contributed by atoms with van der Waals surface area (Å²) in [6, 6.07) is 11.1. The third-order valence-electron chi connectivity index (χ3n) is 3.34. The van der Waals surface area contributed by atoms with Gasteiger partial charge in [0, 0.05) is 11.4 Å². The summed E-state index contributed by atoms with van der Waals surface area (Å²) in [6.45, 7) is 0. The van der Waals surface area contributed by atoms with Gasteiger partial charge in [-0.2, -0.15) is 0 Å². The Morgan fingerprint density at radius 1 is 0.923 bits per heavy atom. The fraction of sp³-hybridized carbons (Fsp3) is 0. The lowest BCUT2D eigenvalue weighted by atomic mass is 10.3. The number of carbonyl (C=O) groups excluding carboxylic acids is 1. The van der Waals surface area contributed by atoms with Crippen LogP contribution in [-0.2, 0) is 10.0 Å². The van der Waals surface area contributed by atoms with Gasteiger partial charge in [-0.3, -0.25) is 9.52 Å². The van der Waals surface area contributed by atoms with Crippen LogP contribution in [0.1, 0.15) is 10.6 Å². The molecular weight excluding hydrogens is 366 g/mol. The molecule has 0 aliphatic heterocycles. The maximum Gasteiger partial charge on any atom is 0.291 e. The van der Waals surface area contributed by atoms with E-state index in [4.69, 9.17) is 4.42 Å². The Kier molecular flexibility index (Phi) is 4.72. The highest BCUT2D eigenvalue weighted by atomic mass is 32.2. The number of nitrogens with one attached hydrogen (secondary N) is 2. The predicted octanol–water partition coefficient (Wildman–Crippen LogP) is 3.61. The van der Waals surface area contributed by atoms with Crippen molar-refractivity contribution in [3.8, 4) is 0 Å². The summed E-state index contributed by atoms with van der Waals surface area (Å²) in [6.07, 6.45) is 1.37. The molecular formula is C17H12F2N2O4S. The first-order valence-corrected chi connectivity index (χ1v) is 8.76. The van der Waals surface area contributed by atoms with E-state index < -0.39 is 32.5 Å². The highest BCUT2D eigenvalue weighted by molar-refractivity contribution is 7.92. The molecule has 0 aliphatic carbocycles. The molecule has 134 valence electrons. The fourth-order valence-electron chi connectivity index (χ4n) is 2.08. The zero-order chi connectivity index (χ0) is 18.7. The number of amides is 1. The fourth-order valence-corrected chi connectivity index (χ4v) is 3.15. The number of sulfonamides is 1. The molecule has 0 aliphatic rings. The quantitative estimate of drug-likeness (QED) is 0.710. The Labute approximate surface area is 147 Å². The number of hydrogen-bond donors (Lipinski definition) is 2. The van der Waals surface area contributed by atoms with Crippen LogP contribution in [0.25, 0.3) is 0 Å².